The lowest BCUT2D eigenvalue weighted by Crippen LogP contribution is -2.44. The molecule has 1 amide bonds. The molecule has 1 N–H and O–H groups in total. The predicted octanol–water partition coefficient (Wildman–Crippen LogP) is 5.46. The van der Waals surface area contributed by atoms with Crippen molar-refractivity contribution in [3.63, 3.8) is 0 Å². The first-order valence-electron chi connectivity index (χ1n) is 10.9. The number of aryl methyl sites for hydroxylation is 1. The lowest BCUT2D eigenvalue weighted by Gasteiger charge is -2.32. The van der Waals surface area contributed by atoms with Gasteiger partial charge in [-0.2, -0.15) is 26.3 Å². The summed E-state index contributed by atoms with van der Waals surface area (Å²) in [6.07, 6.45) is -11.0. The Bertz CT molecular complexity index is 1190. The molecule has 0 spiro atoms. The molecule has 2 heterocycles. The fraction of sp³-hybridized carbons (Fsp3) is 0.417. The van der Waals surface area contributed by atoms with Crippen LogP contribution in [0.1, 0.15) is 39.0 Å². The van der Waals surface area contributed by atoms with Gasteiger partial charge in [-0.1, -0.05) is 17.7 Å². The number of hydrogen-bond acceptors (Lipinski definition) is 4. The zero-order valence-corrected chi connectivity index (χ0v) is 19.7. The molecule has 5 nitrogen and oxygen atoms in total. The maximum Gasteiger partial charge on any atom is 0.416 e. The van der Waals surface area contributed by atoms with Gasteiger partial charge < -0.3 is 14.8 Å². The first-order chi connectivity index (χ1) is 16.8. The first kappa shape index (κ1) is 26.4. The number of benzene rings is 2. The van der Waals surface area contributed by atoms with E-state index in [1.54, 1.807) is 6.92 Å². The summed E-state index contributed by atoms with van der Waals surface area (Å²) >= 11 is 5.78. The van der Waals surface area contributed by atoms with Crippen LogP contribution in [-0.4, -0.2) is 50.4 Å². The van der Waals surface area contributed by atoms with E-state index in [0.29, 0.717) is 42.0 Å². The maximum atomic E-state index is 14.3. The van der Waals surface area contributed by atoms with Gasteiger partial charge in [0.1, 0.15) is 5.41 Å². The van der Waals surface area contributed by atoms with Crippen LogP contribution < -0.4 is 5.32 Å². The Morgan fingerprint density at radius 1 is 1.11 bits per heavy atom. The monoisotopic (exact) mass is 534 g/mol. The number of halogens is 7. The molecule has 12 heteroatoms. The summed E-state index contributed by atoms with van der Waals surface area (Å²) < 4.78 is 93.4. The molecule has 1 saturated heterocycles. The molecule has 0 aliphatic carbocycles. The third kappa shape index (κ3) is 5.23. The van der Waals surface area contributed by atoms with Crippen molar-refractivity contribution in [1.82, 2.24) is 5.32 Å². The van der Waals surface area contributed by atoms with Gasteiger partial charge in [-0.3, -0.25) is 9.79 Å². The van der Waals surface area contributed by atoms with Crippen molar-refractivity contribution >= 4 is 23.2 Å². The number of amides is 1. The second-order valence-electron chi connectivity index (χ2n) is 8.66. The standard InChI is InChI=1S/C24H21ClF6N2O3/c1-13-6-14(2-3-18(13)21(34)32-11-20-35-4-5-36-20)19-10-22(12-33-19,24(29,30)31)15-7-16(23(26,27)28)9-17(25)8-15/h2-3,6-9,20H,4-5,10-12H2,1H3,(H,32,34). The quantitative estimate of drug-likeness (QED) is 0.518. The van der Waals surface area contributed by atoms with E-state index >= 15 is 0 Å². The molecule has 0 saturated carbocycles. The summed E-state index contributed by atoms with van der Waals surface area (Å²) in [5, 5.41) is 2.23. The van der Waals surface area contributed by atoms with E-state index in [1.165, 1.54) is 18.2 Å². The van der Waals surface area contributed by atoms with Gasteiger partial charge in [-0.25, -0.2) is 0 Å². The fourth-order valence-corrected chi connectivity index (χ4v) is 4.53. The van der Waals surface area contributed by atoms with E-state index in [9.17, 15) is 31.1 Å². The summed E-state index contributed by atoms with van der Waals surface area (Å²) in [5.74, 6) is -0.408. The van der Waals surface area contributed by atoms with Crippen molar-refractivity contribution in [2.75, 3.05) is 26.3 Å². The minimum absolute atomic E-state index is 0.0728. The number of nitrogens with one attached hydrogen (secondary N) is 1. The number of hydrogen-bond donors (Lipinski definition) is 1. The molecule has 2 aromatic carbocycles. The van der Waals surface area contributed by atoms with Gasteiger partial charge in [0.25, 0.3) is 5.91 Å². The van der Waals surface area contributed by atoms with E-state index in [2.05, 4.69) is 10.3 Å². The summed E-state index contributed by atoms with van der Waals surface area (Å²) in [5.41, 5.74) is -3.31. The lowest BCUT2D eigenvalue weighted by molar-refractivity contribution is -0.184. The van der Waals surface area contributed by atoms with Crippen LogP contribution in [0.5, 0.6) is 0 Å². The second-order valence-corrected chi connectivity index (χ2v) is 9.09. The summed E-state index contributed by atoms with van der Waals surface area (Å²) in [6, 6.07) is 6.43. The highest BCUT2D eigenvalue weighted by atomic mass is 35.5. The molecule has 0 radical (unpaired) electrons. The summed E-state index contributed by atoms with van der Waals surface area (Å²) in [4.78, 5) is 16.6. The Morgan fingerprint density at radius 2 is 1.81 bits per heavy atom. The first-order valence-corrected chi connectivity index (χ1v) is 11.3. The molecule has 1 fully saturated rings. The fourth-order valence-electron chi connectivity index (χ4n) is 4.29. The van der Waals surface area contributed by atoms with Gasteiger partial charge in [0.2, 0.25) is 0 Å². The Labute approximate surface area is 207 Å². The molecule has 2 aromatic rings. The number of aliphatic imine (C=N–C) groups is 1. The van der Waals surface area contributed by atoms with Crippen LogP contribution in [0.4, 0.5) is 26.3 Å². The molecule has 2 aliphatic rings. The van der Waals surface area contributed by atoms with Crippen molar-refractivity contribution in [3.8, 4) is 0 Å². The molecule has 4 rings (SSSR count). The van der Waals surface area contributed by atoms with Crippen LogP contribution in [0, 0.1) is 6.92 Å². The minimum Gasteiger partial charge on any atom is -0.348 e. The van der Waals surface area contributed by atoms with Gasteiger partial charge in [-0.05, 0) is 53.9 Å². The van der Waals surface area contributed by atoms with E-state index in [0.717, 1.165) is 6.07 Å². The predicted molar refractivity (Wildman–Crippen MR) is 119 cm³/mol. The normalized spacial score (nSPS) is 21.1. The number of rotatable bonds is 5. The Balaban J connectivity index is 1.58. The third-order valence-electron chi connectivity index (χ3n) is 6.25. The highest BCUT2D eigenvalue weighted by molar-refractivity contribution is 6.30. The number of ether oxygens (including phenoxy) is 2. The molecular formula is C24H21ClF6N2O3. The molecule has 0 aromatic heterocycles. The van der Waals surface area contributed by atoms with Crippen LogP contribution in [0.2, 0.25) is 5.02 Å². The lowest BCUT2D eigenvalue weighted by atomic mass is 9.76. The molecule has 36 heavy (non-hydrogen) atoms. The van der Waals surface area contributed by atoms with Crippen molar-refractivity contribution < 1.29 is 40.6 Å². The van der Waals surface area contributed by atoms with E-state index in [4.69, 9.17) is 21.1 Å². The molecular weight excluding hydrogens is 514 g/mol. The van der Waals surface area contributed by atoms with Crippen LogP contribution in [0.25, 0.3) is 0 Å². The van der Waals surface area contributed by atoms with Gasteiger partial charge in [0, 0.05) is 22.7 Å². The highest BCUT2D eigenvalue weighted by Crippen LogP contribution is 2.49. The minimum atomic E-state index is -4.90. The largest absolute Gasteiger partial charge is 0.416 e. The molecule has 1 unspecified atom stereocenters. The smallest absolute Gasteiger partial charge is 0.348 e. The number of carbonyl (C=O) groups is 1. The topological polar surface area (TPSA) is 59.9 Å². The summed E-state index contributed by atoms with van der Waals surface area (Å²) in [6.45, 7) is 1.84. The van der Waals surface area contributed by atoms with Gasteiger partial charge >= 0.3 is 12.4 Å². The molecule has 0 bridgehead atoms. The van der Waals surface area contributed by atoms with E-state index in [-0.39, 0.29) is 12.3 Å². The van der Waals surface area contributed by atoms with Crippen molar-refractivity contribution in [2.45, 2.75) is 37.4 Å². The van der Waals surface area contributed by atoms with Gasteiger partial charge in [0.15, 0.2) is 6.29 Å². The Kier molecular flexibility index (Phi) is 7.11. The van der Waals surface area contributed by atoms with Gasteiger partial charge in [-0.15, -0.1) is 0 Å². The zero-order valence-electron chi connectivity index (χ0n) is 18.9. The number of alkyl halides is 6. The Morgan fingerprint density at radius 3 is 2.42 bits per heavy atom. The van der Waals surface area contributed by atoms with Gasteiger partial charge in [0.05, 0.1) is 31.9 Å². The average Bonchev–Trinajstić information content (AvgIpc) is 3.47. The van der Waals surface area contributed by atoms with Crippen molar-refractivity contribution in [2.24, 2.45) is 4.99 Å². The van der Waals surface area contributed by atoms with Crippen LogP contribution >= 0.6 is 11.6 Å². The Hall–Kier alpha value is -2.63. The highest BCUT2D eigenvalue weighted by Gasteiger charge is 2.59. The molecule has 194 valence electrons. The van der Waals surface area contributed by atoms with Crippen molar-refractivity contribution in [3.05, 3.63) is 69.2 Å². The third-order valence-corrected chi connectivity index (χ3v) is 6.47. The second kappa shape index (κ2) is 9.68. The number of nitrogens with zero attached hydrogens (tertiary/aromatic N) is 1. The maximum absolute atomic E-state index is 14.3. The van der Waals surface area contributed by atoms with Crippen molar-refractivity contribution in [1.29, 1.82) is 0 Å². The van der Waals surface area contributed by atoms with Crippen LogP contribution in [0.3, 0.4) is 0 Å². The van der Waals surface area contributed by atoms with Crippen LogP contribution in [0.15, 0.2) is 41.4 Å². The van der Waals surface area contributed by atoms with Crippen LogP contribution in [-0.2, 0) is 21.1 Å². The molecule has 2 aliphatic heterocycles. The van der Waals surface area contributed by atoms with E-state index < -0.39 is 59.1 Å². The molecule has 1 atom stereocenters. The average molecular weight is 535 g/mol. The van der Waals surface area contributed by atoms with E-state index in [1.807, 2.05) is 0 Å². The number of carbonyl (C=O) groups excluding carboxylic acids is 1. The SMILES string of the molecule is Cc1cc(C2=NCC(c3cc(Cl)cc(C(F)(F)F)c3)(C(F)(F)F)C2)ccc1C(=O)NCC1OCCO1. The summed E-state index contributed by atoms with van der Waals surface area (Å²) in [7, 11) is 0. The zero-order chi connectivity index (χ0) is 26.3.